The topological polar surface area (TPSA) is 79.7 Å². The molecule has 0 saturated carbocycles. The summed E-state index contributed by atoms with van der Waals surface area (Å²) in [5.41, 5.74) is 3.16. The van der Waals surface area contributed by atoms with E-state index in [0.717, 1.165) is 56.3 Å². The first kappa shape index (κ1) is 20.8. The molecule has 0 aliphatic carbocycles. The quantitative estimate of drug-likeness (QED) is 0.740. The standard InChI is InChI=1S/C20H33N5O3/c1-4-25-16(3)18(15(2)22-25)13-21-20(27)17-5-6-19(26)24(14-17)8-7-23-9-11-28-12-10-23/h17H,4-14H2,1-3H3,(H,21,27). The summed E-state index contributed by atoms with van der Waals surface area (Å²) in [4.78, 5) is 29.2. The van der Waals surface area contributed by atoms with Crippen LogP contribution in [0.2, 0.25) is 0 Å². The average molecular weight is 392 g/mol. The van der Waals surface area contributed by atoms with E-state index in [2.05, 4.69) is 22.2 Å². The number of carbonyl (C=O) groups excluding carboxylic acids is 2. The lowest BCUT2D eigenvalue weighted by molar-refractivity contribution is -0.138. The first-order chi connectivity index (χ1) is 13.5. The summed E-state index contributed by atoms with van der Waals surface area (Å²) in [6.07, 6.45) is 1.08. The van der Waals surface area contributed by atoms with E-state index < -0.39 is 0 Å². The van der Waals surface area contributed by atoms with Gasteiger partial charge in [0.15, 0.2) is 0 Å². The summed E-state index contributed by atoms with van der Waals surface area (Å²) < 4.78 is 7.33. The van der Waals surface area contributed by atoms with Gasteiger partial charge in [-0.25, -0.2) is 0 Å². The molecule has 3 rings (SSSR count). The van der Waals surface area contributed by atoms with Crippen LogP contribution in [0, 0.1) is 19.8 Å². The van der Waals surface area contributed by atoms with E-state index in [-0.39, 0.29) is 17.7 Å². The predicted molar refractivity (Wildman–Crippen MR) is 106 cm³/mol. The van der Waals surface area contributed by atoms with Gasteiger partial charge in [-0.3, -0.25) is 19.2 Å². The van der Waals surface area contributed by atoms with E-state index in [1.807, 2.05) is 23.4 Å². The van der Waals surface area contributed by atoms with Gasteiger partial charge in [0, 0.05) is 63.5 Å². The molecule has 2 aliphatic rings. The maximum atomic E-state index is 12.7. The van der Waals surface area contributed by atoms with Gasteiger partial charge in [0.2, 0.25) is 11.8 Å². The normalized spacial score (nSPS) is 21.2. The zero-order valence-electron chi connectivity index (χ0n) is 17.4. The molecule has 8 heteroatoms. The van der Waals surface area contributed by atoms with Gasteiger partial charge in [0.05, 0.1) is 24.8 Å². The fraction of sp³-hybridized carbons (Fsp3) is 0.750. The van der Waals surface area contributed by atoms with Crippen molar-refractivity contribution in [2.75, 3.05) is 45.9 Å². The molecule has 28 heavy (non-hydrogen) atoms. The maximum Gasteiger partial charge on any atom is 0.225 e. The second-order valence-corrected chi connectivity index (χ2v) is 7.71. The van der Waals surface area contributed by atoms with Crippen molar-refractivity contribution in [2.24, 2.45) is 5.92 Å². The van der Waals surface area contributed by atoms with Crippen molar-refractivity contribution in [1.29, 1.82) is 0 Å². The van der Waals surface area contributed by atoms with Crippen LogP contribution in [0.3, 0.4) is 0 Å². The molecule has 2 saturated heterocycles. The van der Waals surface area contributed by atoms with Gasteiger partial charge in [-0.15, -0.1) is 0 Å². The summed E-state index contributed by atoms with van der Waals surface area (Å²) in [7, 11) is 0. The minimum absolute atomic E-state index is 0.0342. The summed E-state index contributed by atoms with van der Waals surface area (Å²) in [6, 6.07) is 0. The van der Waals surface area contributed by atoms with Crippen LogP contribution in [0.25, 0.3) is 0 Å². The zero-order valence-corrected chi connectivity index (χ0v) is 17.4. The van der Waals surface area contributed by atoms with Gasteiger partial charge < -0.3 is 15.0 Å². The van der Waals surface area contributed by atoms with E-state index in [1.165, 1.54) is 0 Å². The van der Waals surface area contributed by atoms with Crippen LogP contribution in [-0.4, -0.2) is 77.3 Å². The minimum atomic E-state index is -0.135. The number of hydrogen-bond acceptors (Lipinski definition) is 5. The fourth-order valence-corrected chi connectivity index (χ4v) is 4.05. The molecule has 8 nitrogen and oxygen atoms in total. The Balaban J connectivity index is 1.50. The third-order valence-corrected chi connectivity index (χ3v) is 5.93. The van der Waals surface area contributed by atoms with E-state index in [4.69, 9.17) is 4.74 Å². The van der Waals surface area contributed by atoms with Gasteiger partial charge >= 0.3 is 0 Å². The highest BCUT2D eigenvalue weighted by molar-refractivity contribution is 5.83. The lowest BCUT2D eigenvalue weighted by Gasteiger charge is -2.34. The largest absolute Gasteiger partial charge is 0.379 e. The SMILES string of the molecule is CCn1nc(C)c(CNC(=O)C2CCC(=O)N(CCN3CCOCC3)C2)c1C. The molecule has 1 unspecified atom stereocenters. The summed E-state index contributed by atoms with van der Waals surface area (Å²) in [5.74, 6) is 0.0596. The molecule has 0 bridgehead atoms. The number of nitrogens with zero attached hydrogens (tertiary/aromatic N) is 4. The van der Waals surface area contributed by atoms with E-state index in [0.29, 0.717) is 32.5 Å². The summed E-state index contributed by atoms with van der Waals surface area (Å²) in [6.45, 7) is 12.8. The molecular weight excluding hydrogens is 358 g/mol. The van der Waals surface area contributed by atoms with Crippen LogP contribution in [-0.2, 0) is 27.4 Å². The molecule has 1 aromatic heterocycles. The van der Waals surface area contributed by atoms with Crippen LogP contribution in [0.1, 0.15) is 36.7 Å². The highest BCUT2D eigenvalue weighted by Gasteiger charge is 2.30. The number of piperidine rings is 1. The van der Waals surface area contributed by atoms with Crippen molar-refractivity contribution in [3.05, 3.63) is 17.0 Å². The Labute approximate surface area is 167 Å². The van der Waals surface area contributed by atoms with Crippen molar-refractivity contribution in [3.8, 4) is 0 Å². The minimum Gasteiger partial charge on any atom is -0.379 e. The first-order valence-corrected chi connectivity index (χ1v) is 10.4. The maximum absolute atomic E-state index is 12.7. The van der Waals surface area contributed by atoms with Crippen LogP contribution >= 0.6 is 0 Å². The summed E-state index contributed by atoms with van der Waals surface area (Å²) in [5, 5.41) is 7.58. The zero-order chi connectivity index (χ0) is 20.1. The van der Waals surface area contributed by atoms with E-state index in [9.17, 15) is 9.59 Å². The number of hydrogen-bond donors (Lipinski definition) is 1. The molecule has 1 atom stereocenters. The average Bonchev–Trinajstić information content (AvgIpc) is 2.99. The molecule has 3 heterocycles. The number of ether oxygens (including phenoxy) is 1. The molecule has 156 valence electrons. The van der Waals surface area contributed by atoms with Crippen molar-refractivity contribution in [3.63, 3.8) is 0 Å². The van der Waals surface area contributed by atoms with Gasteiger partial charge in [-0.05, 0) is 27.2 Å². The predicted octanol–water partition coefficient (Wildman–Crippen LogP) is 0.707. The summed E-state index contributed by atoms with van der Waals surface area (Å²) >= 11 is 0. The molecule has 2 fully saturated rings. The molecular formula is C20H33N5O3. The molecule has 2 aliphatic heterocycles. The second kappa shape index (κ2) is 9.52. The first-order valence-electron chi connectivity index (χ1n) is 10.4. The Morgan fingerprint density at radius 1 is 1.25 bits per heavy atom. The molecule has 1 N–H and O–H groups in total. The highest BCUT2D eigenvalue weighted by atomic mass is 16.5. The smallest absolute Gasteiger partial charge is 0.225 e. The van der Waals surface area contributed by atoms with Gasteiger partial charge in [0.1, 0.15) is 0 Å². The highest BCUT2D eigenvalue weighted by Crippen LogP contribution is 2.19. The Kier molecular flexibility index (Phi) is 7.07. The lowest BCUT2D eigenvalue weighted by atomic mass is 9.96. The Hall–Kier alpha value is -1.93. The number of carbonyl (C=O) groups is 2. The second-order valence-electron chi connectivity index (χ2n) is 7.71. The van der Waals surface area contributed by atoms with Crippen molar-refractivity contribution in [1.82, 2.24) is 24.9 Å². The van der Waals surface area contributed by atoms with Crippen molar-refractivity contribution in [2.45, 2.75) is 46.7 Å². The number of rotatable bonds is 7. The molecule has 1 aromatic rings. The Bertz CT molecular complexity index is 696. The van der Waals surface area contributed by atoms with Crippen molar-refractivity contribution >= 4 is 11.8 Å². The van der Waals surface area contributed by atoms with Crippen LogP contribution in [0.5, 0.6) is 0 Å². The Morgan fingerprint density at radius 2 is 2.00 bits per heavy atom. The third kappa shape index (κ3) is 4.91. The van der Waals surface area contributed by atoms with Crippen LogP contribution in [0.15, 0.2) is 0 Å². The van der Waals surface area contributed by atoms with Gasteiger partial charge in [0.25, 0.3) is 0 Å². The van der Waals surface area contributed by atoms with E-state index in [1.54, 1.807) is 0 Å². The molecule has 0 radical (unpaired) electrons. The van der Waals surface area contributed by atoms with Gasteiger partial charge in [-0.1, -0.05) is 0 Å². The molecule has 0 spiro atoms. The number of aromatic nitrogens is 2. The number of nitrogens with one attached hydrogen (secondary N) is 1. The molecule has 0 aromatic carbocycles. The van der Waals surface area contributed by atoms with Crippen molar-refractivity contribution < 1.29 is 14.3 Å². The van der Waals surface area contributed by atoms with E-state index >= 15 is 0 Å². The molecule has 2 amide bonds. The van der Waals surface area contributed by atoms with Crippen LogP contribution in [0.4, 0.5) is 0 Å². The number of likely N-dealkylation sites (tertiary alicyclic amines) is 1. The number of amides is 2. The van der Waals surface area contributed by atoms with Crippen LogP contribution < -0.4 is 5.32 Å². The third-order valence-electron chi connectivity index (χ3n) is 5.93. The monoisotopic (exact) mass is 391 g/mol. The lowest BCUT2D eigenvalue weighted by Crippen LogP contribution is -2.49. The Morgan fingerprint density at radius 3 is 2.68 bits per heavy atom. The number of morpholine rings is 1. The number of aryl methyl sites for hydroxylation is 2. The van der Waals surface area contributed by atoms with Gasteiger partial charge in [-0.2, -0.15) is 5.10 Å². The fourth-order valence-electron chi connectivity index (χ4n) is 4.05.